The summed E-state index contributed by atoms with van der Waals surface area (Å²) >= 11 is 0. The number of nitrogens with one attached hydrogen (secondary N) is 1. The fourth-order valence-corrected chi connectivity index (χ4v) is 3.91. The molecule has 1 N–H and O–H groups in total. The third-order valence-corrected chi connectivity index (χ3v) is 5.34. The van der Waals surface area contributed by atoms with Crippen molar-refractivity contribution in [3.05, 3.63) is 65.0 Å². The van der Waals surface area contributed by atoms with Crippen molar-refractivity contribution in [3.63, 3.8) is 0 Å². The summed E-state index contributed by atoms with van der Waals surface area (Å²) in [4.78, 5) is 28.2. The lowest BCUT2D eigenvalue weighted by molar-refractivity contribution is 0.0879. The lowest BCUT2D eigenvalue weighted by Gasteiger charge is -2.36. The second kappa shape index (κ2) is 7.48. The first kappa shape index (κ1) is 17.7. The summed E-state index contributed by atoms with van der Waals surface area (Å²) in [7, 11) is 0. The molecule has 0 radical (unpaired) electrons. The van der Waals surface area contributed by atoms with E-state index in [1.807, 2.05) is 24.3 Å². The maximum Gasteiger partial charge on any atom is 0.259 e. The Hall–Kier alpha value is -2.73. The Bertz CT molecular complexity index is 875. The zero-order chi connectivity index (χ0) is 18.8. The molecule has 0 aliphatic carbocycles. The van der Waals surface area contributed by atoms with Crippen LogP contribution in [-0.2, 0) is 6.42 Å². The van der Waals surface area contributed by atoms with E-state index in [0.29, 0.717) is 16.8 Å². The largest absolute Gasteiger partial charge is 0.367 e. The van der Waals surface area contributed by atoms with E-state index < -0.39 is 0 Å². The van der Waals surface area contributed by atoms with Gasteiger partial charge in [-0.3, -0.25) is 19.8 Å². The third kappa shape index (κ3) is 3.57. The number of nitrogens with zero attached hydrogens (tertiary/aromatic N) is 2. The highest BCUT2D eigenvalue weighted by atomic mass is 19.1. The van der Waals surface area contributed by atoms with E-state index in [9.17, 15) is 14.0 Å². The first-order valence-corrected chi connectivity index (χ1v) is 9.33. The predicted molar refractivity (Wildman–Crippen MR) is 102 cm³/mol. The standard InChI is InChI=1S/C21H22FN3O2/c22-17-8-1-2-9-18(17)25-13-11-24(12-14-25)10-4-6-15-5-3-7-16-19(15)21(27)23-20(16)26/h1-3,5,7-9H,4,6,10-14H2,(H,23,26,27). The van der Waals surface area contributed by atoms with Gasteiger partial charge in [-0.25, -0.2) is 4.39 Å². The monoisotopic (exact) mass is 367 g/mol. The molecule has 5 nitrogen and oxygen atoms in total. The van der Waals surface area contributed by atoms with Gasteiger partial charge in [0.05, 0.1) is 16.8 Å². The van der Waals surface area contributed by atoms with E-state index in [-0.39, 0.29) is 17.6 Å². The molecule has 0 bridgehead atoms. The number of aryl methyl sites for hydroxylation is 1. The number of hydrogen-bond acceptors (Lipinski definition) is 4. The number of benzene rings is 2. The fourth-order valence-electron chi connectivity index (χ4n) is 3.91. The van der Waals surface area contributed by atoms with Crippen LogP contribution in [0.15, 0.2) is 42.5 Å². The lowest BCUT2D eigenvalue weighted by Crippen LogP contribution is -2.47. The van der Waals surface area contributed by atoms with Crippen LogP contribution in [0.3, 0.4) is 0 Å². The van der Waals surface area contributed by atoms with Crippen molar-refractivity contribution in [2.24, 2.45) is 0 Å². The molecule has 1 fully saturated rings. The second-order valence-electron chi connectivity index (χ2n) is 7.01. The number of hydrogen-bond donors (Lipinski definition) is 1. The van der Waals surface area contributed by atoms with E-state index in [1.54, 1.807) is 12.1 Å². The Labute approximate surface area is 157 Å². The number of imide groups is 1. The Morgan fingerprint density at radius 1 is 0.926 bits per heavy atom. The number of piperazine rings is 1. The molecule has 6 heteroatoms. The van der Waals surface area contributed by atoms with E-state index in [2.05, 4.69) is 15.1 Å². The molecular formula is C21H22FN3O2. The highest BCUT2D eigenvalue weighted by Gasteiger charge is 2.28. The normalized spacial score (nSPS) is 17.1. The molecule has 2 aliphatic heterocycles. The highest BCUT2D eigenvalue weighted by molar-refractivity contribution is 6.22. The molecule has 2 heterocycles. The molecule has 2 aliphatic rings. The van der Waals surface area contributed by atoms with Crippen molar-refractivity contribution >= 4 is 17.5 Å². The van der Waals surface area contributed by atoms with Crippen LogP contribution in [0, 0.1) is 5.82 Å². The van der Waals surface area contributed by atoms with Gasteiger partial charge in [0, 0.05) is 26.2 Å². The molecule has 140 valence electrons. The van der Waals surface area contributed by atoms with Gasteiger partial charge < -0.3 is 4.90 Å². The molecule has 27 heavy (non-hydrogen) atoms. The zero-order valence-corrected chi connectivity index (χ0v) is 15.1. The quantitative estimate of drug-likeness (QED) is 0.825. The van der Waals surface area contributed by atoms with Gasteiger partial charge in [0.25, 0.3) is 11.8 Å². The highest BCUT2D eigenvalue weighted by Crippen LogP contribution is 2.22. The Balaban J connectivity index is 1.30. The van der Waals surface area contributed by atoms with Crippen LogP contribution in [0.25, 0.3) is 0 Å². The summed E-state index contributed by atoms with van der Waals surface area (Å²) in [5.41, 5.74) is 2.62. The minimum absolute atomic E-state index is 0.170. The van der Waals surface area contributed by atoms with Gasteiger partial charge >= 0.3 is 0 Å². The van der Waals surface area contributed by atoms with Crippen LogP contribution < -0.4 is 10.2 Å². The first-order valence-electron chi connectivity index (χ1n) is 9.33. The van der Waals surface area contributed by atoms with Crippen LogP contribution >= 0.6 is 0 Å². The van der Waals surface area contributed by atoms with Crippen molar-refractivity contribution in [2.45, 2.75) is 12.8 Å². The topological polar surface area (TPSA) is 52.7 Å². The molecule has 0 atom stereocenters. The Morgan fingerprint density at radius 3 is 2.48 bits per heavy atom. The Morgan fingerprint density at radius 2 is 1.70 bits per heavy atom. The molecular weight excluding hydrogens is 345 g/mol. The van der Waals surface area contributed by atoms with Crippen molar-refractivity contribution in [2.75, 3.05) is 37.6 Å². The number of carbonyl (C=O) groups is 2. The summed E-state index contributed by atoms with van der Waals surface area (Å²) < 4.78 is 13.9. The van der Waals surface area contributed by atoms with E-state index in [0.717, 1.165) is 51.1 Å². The zero-order valence-electron chi connectivity index (χ0n) is 15.1. The molecule has 1 saturated heterocycles. The van der Waals surface area contributed by atoms with Gasteiger partial charge in [-0.2, -0.15) is 0 Å². The maximum absolute atomic E-state index is 13.9. The second-order valence-corrected chi connectivity index (χ2v) is 7.01. The van der Waals surface area contributed by atoms with Crippen molar-refractivity contribution in [1.29, 1.82) is 0 Å². The molecule has 0 aromatic heterocycles. The summed E-state index contributed by atoms with van der Waals surface area (Å²) in [6.45, 7) is 4.31. The summed E-state index contributed by atoms with van der Waals surface area (Å²) in [6, 6.07) is 12.4. The summed E-state index contributed by atoms with van der Waals surface area (Å²) in [5, 5.41) is 2.36. The molecule has 0 saturated carbocycles. The van der Waals surface area contributed by atoms with Crippen LogP contribution in [0.4, 0.5) is 10.1 Å². The van der Waals surface area contributed by atoms with Gasteiger partial charge in [0.2, 0.25) is 0 Å². The van der Waals surface area contributed by atoms with Crippen LogP contribution in [-0.4, -0.2) is 49.4 Å². The molecule has 4 rings (SSSR count). The minimum Gasteiger partial charge on any atom is -0.367 e. The fraction of sp³-hybridized carbons (Fsp3) is 0.333. The first-order chi connectivity index (χ1) is 13.1. The van der Waals surface area contributed by atoms with Gasteiger partial charge in [0.15, 0.2) is 0 Å². The molecule has 2 aromatic rings. The van der Waals surface area contributed by atoms with Crippen LogP contribution in [0.1, 0.15) is 32.7 Å². The predicted octanol–water partition coefficient (Wildman–Crippen LogP) is 2.46. The number of halogens is 1. The summed E-state index contributed by atoms with van der Waals surface area (Å²) in [5.74, 6) is -0.762. The number of rotatable bonds is 5. The van der Waals surface area contributed by atoms with Crippen molar-refractivity contribution in [3.8, 4) is 0 Å². The van der Waals surface area contributed by atoms with E-state index in [4.69, 9.17) is 0 Å². The third-order valence-electron chi connectivity index (χ3n) is 5.34. The number of carbonyl (C=O) groups excluding carboxylic acids is 2. The molecule has 0 unspecified atom stereocenters. The molecule has 2 amide bonds. The maximum atomic E-state index is 13.9. The van der Waals surface area contributed by atoms with E-state index >= 15 is 0 Å². The number of anilines is 1. The minimum atomic E-state index is -0.305. The number of para-hydroxylation sites is 1. The average molecular weight is 367 g/mol. The number of amides is 2. The lowest BCUT2D eigenvalue weighted by atomic mass is 9.99. The van der Waals surface area contributed by atoms with Gasteiger partial charge in [0.1, 0.15) is 5.82 Å². The van der Waals surface area contributed by atoms with Crippen LogP contribution in [0.2, 0.25) is 0 Å². The van der Waals surface area contributed by atoms with Crippen LogP contribution in [0.5, 0.6) is 0 Å². The Kier molecular flexibility index (Phi) is 4.90. The van der Waals surface area contributed by atoms with Gasteiger partial charge in [-0.1, -0.05) is 24.3 Å². The summed E-state index contributed by atoms with van der Waals surface area (Å²) in [6.07, 6.45) is 1.68. The van der Waals surface area contributed by atoms with Crippen molar-refractivity contribution < 1.29 is 14.0 Å². The van der Waals surface area contributed by atoms with Gasteiger partial charge in [-0.05, 0) is 43.1 Å². The SMILES string of the molecule is O=C1NC(=O)c2c(CCCN3CCN(c4ccccc4F)CC3)cccc21. The molecule has 0 spiro atoms. The van der Waals surface area contributed by atoms with E-state index in [1.165, 1.54) is 6.07 Å². The molecule has 2 aromatic carbocycles. The average Bonchev–Trinajstić information content (AvgIpc) is 2.98. The van der Waals surface area contributed by atoms with Crippen molar-refractivity contribution in [1.82, 2.24) is 10.2 Å². The van der Waals surface area contributed by atoms with Gasteiger partial charge in [-0.15, -0.1) is 0 Å². The number of fused-ring (bicyclic) bond motifs is 1. The smallest absolute Gasteiger partial charge is 0.259 e.